The molecule has 4 nitrogen and oxygen atoms in total. The molecule has 27 heavy (non-hydrogen) atoms. The Morgan fingerprint density at radius 2 is 1.52 bits per heavy atom. The summed E-state index contributed by atoms with van der Waals surface area (Å²) in [5.74, 6) is -0.383. The molecule has 1 amide bonds. The van der Waals surface area contributed by atoms with Crippen LogP contribution in [0.3, 0.4) is 0 Å². The van der Waals surface area contributed by atoms with E-state index in [1.54, 1.807) is 24.3 Å². The zero-order valence-corrected chi connectivity index (χ0v) is 15.8. The second-order valence-electron chi connectivity index (χ2n) is 6.82. The van der Waals surface area contributed by atoms with Crippen molar-refractivity contribution in [3.63, 3.8) is 0 Å². The smallest absolute Gasteiger partial charge is 0.224 e. The van der Waals surface area contributed by atoms with Gasteiger partial charge >= 0.3 is 0 Å². The Morgan fingerprint density at radius 3 is 2.26 bits per heavy atom. The van der Waals surface area contributed by atoms with Crippen LogP contribution < -0.4 is 5.32 Å². The topological polar surface area (TPSA) is 66.4 Å². The van der Waals surface area contributed by atoms with Crippen LogP contribution in [0.15, 0.2) is 54.6 Å². The minimum Gasteiger partial charge on any atom is -0.388 e. The summed E-state index contributed by atoms with van der Waals surface area (Å²) < 4.78 is 0. The van der Waals surface area contributed by atoms with Crippen LogP contribution in [0.1, 0.15) is 60.9 Å². The van der Waals surface area contributed by atoms with Crippen molar-refractivity contribution in [3.05, 3.63) is 65.7 Å². The summed E-state index contributed by atoms with van der Waals surface area (Å²) in [7, 11) is 0. The Kier molecular flexibility index (Phi) is 9.28. The number of aliphatic hydroxyl groups is 1. The molecule has 0 aliphatic carbocycles. The Hall–Kier alpha value is -2.46. The molecule has 0 unspecified atom stereocenters. The van der Waals surface area contributed by atoms with E-state index in [-0.39, 0.29) is 11.7 Å². The second kappa shape index (κ2) is 12.0. The lowest BCUT2D eigenvalue weighted by atomic mass is 10.0. The van der Waals surface area contributed by atoms with Crippen molar-refractivity contribution in [3.8, 4) is 0 Å². The number of anilines is 1. The van der Waals surface area contributed by atoms with Gasteiger partial charge in [0.2, 0.25) is 5.91 Å². The van der Waals surface area contributed by atoms with E-state index in [4.69, 9.17) is 5.11 Å². The van der Waals surface area contributed by atoms with Crippen LogP contribution in [-0.2, 0) is 11.2 Å². The van der Waals surface area contributed by atoms with Crippen LogP contribution in [0.25, 0.3) is 0 Å². The summed E-state index contributed by atoms with van der Waals surface area (Å²) in [6, 6.07) is 17.2. The van der Waals surface area contributed by atoms with Crippen LogP contribution in [0.4, 0.5) is 5.69 Å². The summed E-state index contributed by atoms with van der Waals surface area (Å²) >= 11 is 0. The molecule has 2 aromatic carbocycles. The molecular formula is C23H29NO3. The third kappa shape index (κ3) is 8.18. The number of carbonyl (C=O) groups excluding carboxylic acids is 2. The molecule has 0 aliphatic rings. The van der Waals surface area contributed by atoms with Crippen molar-refractivity contribution in [2.45, 2.75) is 51.4 Å². The molecule has 4 heteroatoms. The van der Waals surface area contributed by atoms with Gasteiger partial charge in [-0.05, 0) is 37.0 Å². The Balaban J connectivity index is 1.54. The molecule has 0 saturated heterocycles. The first-order valence-electron chi connectivity index (χ1n) is 9.77. The van der Waals surface area contributed by atoms with Crippen LogP contribution in [0, 0.1) is 0 Å². The number of unbranched alkanes of at least 4 members (excludes halogenated alkanes) is 5. The van der Waals surface area contributed by atoms with Gasteiger partial charge in [-0.25, -0.2) is 0 Å². The van der Waals surface area contributed by atoms with Gasteiger partial charge in [-0.3, -0.25) is 9.59 Å². The maximum atomic E-state index is 12.0. The maximum Gasteiger partial charge on any atom is 0.224 e. The van der Waals surface area contributed by atoms with E-state index in [1.807, 2.05) is 6.07 Å². The molecule has 0 atom stereocenters. The van der Waals surface area contributed by atoms with E-state index in [2.05, 4.69) is 29.6 Å². The molecule has 0 aliphatic heterocycles. The number of ketones is 1. The molecule has 2 rings (SSSR count). The Morgan fingerprint density at radius 1 is 0.815 bits per heavy atom. The molecule has 0 fully saturated rings. The number of aliphatic hydroxyl groups excluding tert-OH is 1. The number of benzene rings is 2. The fourth-order valence-corrected chi connectivity index (χ4v) is 3.05. The quantitative estimate of drug-likeness (QED) is 0.419. The fraction of sp³-hybridized carbons (Fsp3) is 0.391. The predicted molar refractivity (Wildman–Crippen MR) is 109 cm³/mol. The van der Waals surface area contributed by atoms with Gasteiger partial charge < -0.3 is 10.4 Å². The number of carbonyl (C=O) groups is 2. The Bertz CT molecular complexity index is 713. The minimum atomic E-state index is -0.525. The molecule has 0 heterocycles. The van der Waals surface area contributed by atoms with Gasteiger partial charge in [-0.1, -0.05) is 68.1 Å². The van der Waals surface area contributed by atoms with Crippen LogP contribution >= 0.6 is 0 Å². The number of rotatable bonds is 12. The molecule has 144 valence electrons. The standard InChI is InChI=1S/C23H29NO3/c25-18-22(26)20-14-10-15-21(17-20)24-23(27)16-9-4-2-1-3-6-11-19-12-7-5-8-13-19/h5,7-8,10,12-15,17,25H,1-4,6,9,11,16,18H2,(H,24,27). The van der Waals surface area contributed by atoms with Gasteiger partial charge in [0.1, 0.15) is 6.61 Å². The molecule has 0 bridgehead atoms. The number of Topliss-reactive ketones (excluding diaryl/α,β-unsaturated/α-hetero) is 1. The van der Waals surface area contributed by atoms with Crippen molar-refractivity contribution in [1.29, 1.82) is 0 Å². The number of hydrogen-bond donors (Lipinski definition) is 2. The van der Waals surface area contributed by atoms with Gasteiger partial charge in [0.25, 0.3) is 0 Å². The normalized spacial score (nSPS) is 10.6. The highest BCUT2D eigenvalue weighted by molar-refractivity contribution is 5.99. The summed E-state index contributed by atoms with van der Waals surface area (Å²) in [6.45, 7) is -0.525. The molecule has 0 aromatic heterocycles. The zero-order valence-electron chi connectivity index (χ0n) is 15.8. The first kappa shape index (κ1) is 20.8. The average Bonchev–Trinajstić information content (AvgIpc) is 2.70. The summed E-state index contributed by atoms with van der Waals surface area (Å²) in [5.41, 5.74) is 2.41. The summed E-state index contributed by atoms with van der Waals surface area (Å²) in [4.78, 5) is 23.5. The largest absolute Gasteiger partial charge is 0.388 e. The molecule has 0 radical (unpaired) electrons. The average molecular weight is 367 g/mol. The second-order valence-corrected chi connectivity index (χ2v) is 6.82. The first-order chi connectivity index (χ1) is 13.2. The highest BCUT2D eigenvalue weighted by Gasteiger charge is 2.07. The fourth-order valence-electron chi connectivity index (χ4n) is 3.05. The van der Waals surface area contributed by atoms with Crippen LogP contribution in [0.2, 0.25) is 0 Å². The van der Waals surface area contributed by atoms with Gasteiger partial charge in [-0.2, -0.15) is 0 Å². The predicted octanol–water partition coefficient (Wildman–Crippen LogP) is 4.77. The molecule has 0 spiro atoms. The molecule has 2 N–H and O–H groups in total. The van der Waals surface area contributed by atoms with Gasteiger partial charge in [-0.15, -0.1) is 0 Å². The molecule has 0 saturated carbocycles. The monoisotopic (exact) mass is 367 g/mol. The zero-order chi connectivity index (χ0) is 19.3. The minimum absolute atomic E-state index is 0.0346. The van der Waals surface area contributed by atoms with Crippen LogP contribution in [0.5, 0.6) is 0 Å². The molecular weight excluding hydrogens is 338 g/mol. The van der Waals surface area contributed by atoms with Crippen molar-refractivity contribution in [2.75, 3.05) is 11.9 Å². The van der Waals surface area contributed by atoms with Gasteiger partial charge in [0, 0.05) is 17.7 Å². The van der Waals surface area contributed by atoms with Crippen molar-refractivity contribution in [2.24, 2.45) is 0 Å². The third-order valence-electron chi connectivity index (χ3n) is 4.57. The lowest BCUT2D eigenvalue weighted by Crippen LogP contribution is -2.12. The SMILES string of the molecule is O=C(CCCCCCCCc1ccccc1)Nc1cccc(C(=O)CO)c1. The summed E-state index contributed by atoms with van der Waals surface area (Å²) in [6.07, 6.45) is 8.37. The lowest BCUT2D eigenvalue weighted by Gasteiger charge is -2.07. The Labute approximate surface area is 161 Å². The van der Waals surface area contributed by atoms with Gasteiger partial charge in [0.15, 0.2) is 5.78 Å². The van der Waals surface area contributed by atoms with Crippen molar-refractivity contribution in [1.82, 2.24) is 0 Å². The summed E-state index contributed by atoms with van der Waals surface area (Å²) in [5, 5.41) is 11.7. The van der Waals surface area contributed by atoms with E-state index >= 15 is 0 Å². The highest BCUT2D eigenvalue weighted by Crippen LogP contribution is 2.14. The third-order valence-corrected chi connectivity index (χ3v) is 4.57. The van der Waals surface area contributed by atoms with E-state index in [1.165, 1.54) is 24.8 Å². The van der Waals surface area contributed by atoms with Crippen LogP contribution in [-0.4, -0.2) is 23.4 Å². The lowest BCUT2D eigenvalue weighted by molar-refractivity contribution is -0.116. The molecule has 2 aromatic rings. The van der Waals surface area contributed by atoms with Crippen molar-refractivity contribution < 1.29 is 14.7 Å². The van der Waals surface area contributed by atoms with E-state index in [9.17, 15) is 9.59 Å². The maximum absolute atomic E-state index is 12.0. The van der Waals surface area contributed by atoms with E-state index in [0.29, 0.717) is 17.7 Å². The first-order valence-corrected chi connectivity index (χ1v) is 9.77. The number of amides is 1. The van der Waals surface area contributed by atoms with E-state index in [0.717, 1.165) is 25.7 Å². The van der Waals surface area contributed by atoms with Crippen molar-refractivity contribution >= 4 is 17.4 Å². The number of hydrogen-bond acceptors (Lipinski definition) is 3. The van der Waals surface area contributed by atoms with E-state index < -0.39 is 6.61 Å². The van der Waals surface area contributed by atoms with Gasteiger partial charge in [0.05, 0.1) is 0 Å². The number of nitrogens with one attached hydrogen (secondary N) is 1. The highest BCUT2D eigenvalue weighted by atomic mass is 16.3. The number of aryl methyl sites for hydroxylation is 1.